The van der Waals surface area contributed by atoms with E-state index < -0.39 is 11.1 Å². The van der Waals surface area contributed by atoms with Crippen LogP contribution in [0.2, 0.25) is 0 Å². The fraction of sp³-hybridized carbons (Fsp3) is 0.300. The summed E-state index contributed by atoms with van der Waals surface area (Å²) in [4.78, 5) is 39.4. The van der Waals surface area contributed by atoms with Gasteiger partial charge in [-0.2, -0.15) is 5.10 Å². The summed E-state index contributed by atoms with van der Waals surface area (Å²) in [6.07, 6.45) is 1.48. The second kappa shape index (κ2) is 6.33. The Kier molecular flexibility index (Phi) is 3.78. The van der Waals surface area contributed by atoms with Gasteiger partial charge in [0.1, 0.15) is 5.82 Å². The third-order valence-corrected chi connectivity index (χ3v) is 5.55. The predicted octanol–water partition coefficient (Wildman–Crippen LogP) is 0.916. The molecule has 1 amide bonds. The number of benzene rings is 1. The highest BCUT2D eigenvalue weighted by Gasteiger charge is 2.44. The molecule has 1 saturated heterocycles. The highest BCUT2D eigenvalue weighted by atomic mass is 16.3. The molecule has 0 spiro atoms. The molecule has 8 heteroatoms. The Balaban J connectivity index is 1.46. The zero-order chi connectivity index (χ0) is 19.3. The summed E-state index contributed by atoms with van der Waals surface area (Å²) in [5.41, 5.74) is -0.257. The van der Waals surface area contributed by atoms with E-state index in [0.29, 0.717) is 31.2 Å². The summed E-state index contributed by atoms with van der Waals surface area (Å²) < 4.78 is 7.93. The Morgan fingerprint density at radius 1 is 1.04 bits per heavy atom. The second-order valence-electron chi connectivity index (χ2n) is 7.28. The van der Waals surface area contributed by atoms with Gasteiger partial charge in [0, 0.05) is 31.5 Å². The van der Waals surface area contributed by atoms with Crippen LogP contribution in [-0.2, 0) is 13.1 Å². The van der Waals surface area contributed by atoms with Crippen LogP contribution in [0.4, 0.5) is 0 Å². The molecule has 2 aliphatic heterocycles. The topological polar surface area (TPSA) is 90.3 Å². The molecular weight excluding hydrogens is 360 g/mol. The number of aromatic nitrogens is 3. The average Bonchev–Trinajstić information content (AvgIpc) is 3.43. The number of furan rings is 1. The van der Waals surface area contributed by atoms with Crippen LogP contribution in [-0.4, -0.2) is 38.2 Å². The van der Waals surface area contributed by atoms with Crippen LogP contribution in [0.25, 0.3) is 0 Å². The molecule has 5 rings (SSSR count). The number of hydrogen-bond acceptors (Lipinski definition) is 5. The zero-order valence-corrected chi connectivity index (χ0v) is 15.0. The quantitative estimate of drug-likeness (QED) is 0.632. The highest BCUT2D eigenvalue weighted by Crippen LogP contribution is 2.37. The van der Waals surface area contributed by atoms with E-state index in [2.05, 4.69) is 5.10 Å². The first kappa shape index (κ1) is 16.7. The summed E-state index contributed by atoms with van der Waals surface area (Å²) in [5, 5.41) is 4.51. The molecule has 28 heavy (non-hydrogen) atoms. The van der Waals surface area contributed by atoms with Gasteiger partial charge >= 0.3 is 11.1 Å². The summed E-state index contributed by atoms with van der Waals surface area (Å²) in [7, 11) is 0. The molecule has 8 nitrogen and oxygen atoms in total. The molecule has 2 atom stereocenters. The van der Waals surface area contributed by atoms with Crippen molar-refractivity contribution in [1.29, 1.82) is 0 Å². The molecule has 0 aliphatic carbocycles. The van der Waals surface area contributed by atoms with Crippen molar-refractivity contribution < 1.29 is 9.21 Å². The van der Waals surface area contributed by atoms with Crippen LogP contribution in [0.5, 0.6) is 0 Å². The van der Waals surface area contributed by atoms with Gasteiger partial charge in [-0.05, 0) is 17.7 Å². The van der Waals surface area contributed by atoms with Crippen molar-refractivity contribution in [3.8, 4) is 0 Å². The van der Waals surface area contributed by atoms with E-state index in [9.17, 15) is 14.4 Å². The van der Waals surface area contributed by atoms with E-state index in [1.54, 1.807) is 17.0 Å². The molecule has 1 fully saturated rings. The van der Waals surface area contributed by atoms with E-state index in [1.807, 2.05) is 30.3 Å². The zero-order valence-electron chi connectivity index (χ0n) is 15.0. The standard InChI is InChI=1S/C20H18N4O4/c25-18(16-7-4-8-28-16)22-10-14-11-23-17(15(14)12-22)21-24(20(27)19(23)26)9-13-5-2-1-3-6-13/h1-8,14-15H,9-12H2/t14-,15-/m1/s1. The molecule has 0 saturated carbocycles. The number of likely N-dealkylation sites (tertiary alicyclic amines) is 1. The lowest BCUT2D eigenvalue weighted by Gasteiger charge is -2.17. The number of carbonyl (C=O) groups excluding carboxylic acids is 1. The lowest BCUT2D eigenvalue weighted by Crippen LogP contribution is -2.44. The van der Waals surface area contributed by atoms with Crippen LogP contribution in [0.15, 0.2) is 62.7 Å². The average molecular weight is 378 g/mol. The van der Waals surface area contributed by atoms with Gasteiger partial charge in [0.2, 0.25) is 0 Å². The van der Waals surface area contributed by atoms with Crippen molar-refractivity contribution in [2.24, 2.45) is 5.92 Å². The molecule has 0 radical (unpaired) electrons. The summed E-state index contributed by atoms with van der Waals surface area (Å²) in [6, 6.07) is 12.8. The molecule has 2 aliphatic rings. The molecule has 1 aromatic carbocycles. The van der Waals surface area contributed by atoms with Gasteiger partial charge in [0.05, 0.1) is 12.8 Å². The maximum absolute atomic E-state index is 12.6. The van der Waals surface area contributed by atoms with Crippen LogP contribution in [0.1, 0.15) is 27.9 Å². The van der Waals surface area contributed by atoms with Crippen LogP contribution >= 0.6 is 0 Å². The second-order valence-corrected chi connectivity index (χ2v) is 7.28. The highest BCUT2D eigenvalue weighted by molar-refractivity contribution is 5.91. The number of fused-ring (bicyclic) bond motifs is 3. The van der Waals surface area contributed by atoms with Gasteiger partial charge in [0.15, 0.2) is 5.76 Å². The monoisotopic (exact) mass is 378 g/mol. The molecule has 0 bridgehead atoms. The normalized spacial score (nSPS) is 20.2. The van der Waals surface area contributed by atoms with E-state index in [1.165, 1.54) is 15.5 Å². The first-order chi connectivity index (χ1) is 13.6. The molecule has 0 N–H and O–H groups in total. The maximum atomic E-state index is 12.6. The molecule has 4 heterocycles. The fourth-order valence-electron chi connectivity index (χ4n) is 4.17. The van der Waals surface area contributed by atoms with Gasteiger partial charge < -0.3 is 9.32 Å². The maximum Gasteiger partial charge on any atom is 0.332 e. The fourth-order valence-corrected chi connectivity index (χ4v) is 4.17. The van der Waals surface area contributed by atoms with Crippen molar-refractivity contribution in [2.75, 3.05) is 13.1 Å². The van der Waals surface area contributed by atoms with Crippen LogP contribution in [0, 0.1) is 5.92 Å². The molecular formula is C20H18N4O4. The van der Waals surface area contributed by atoms with E-state index in [-0.39, 0.29) is 24.3 Å². The lowest BCUT2D eigenvalue weighted by atomic mass is 10.00. The molecule has 3 aromatic rings. The van der Waals surface area contributed by atoms with Gasteiger partial charge in [0.25, 0.3) is 5.91 Å². The Bertz CT molecular complexity index is 1150. The lowest BCUT2D eigenvalue weighted by molar-refractivity contribution is 0.0751. The van der Waals surface area contributed by atoms with Crippen molar-refractivity contribution in [3.05, 3.63) is 86.6 Å². The third-order valence-electron chi connectivity index (χ3n) is 5.55. The number of carbonyl (C=O) groups is 1. The summed E-state index contributed by atoms with van der Waals surface area (Å²) in [6.45, 7) is 1.63. The van der Waals surface area contributed by atoms with Crippen molar-refractivity contribution in [3.63, 3.8) is 0 Å². The minimum absolute atomic E-state index is 0.0609. The predicted molar refractivity (Wildman–Crippen MR) is 99.1 cm³/mol. The Morgan fingerprint density at radius 2 is 1.86 bits per heavy atom. The number of rotatable bonds is 3. The molecule has 142 valence electrons. The minimum Gasteiger partial charge on any atom is -0.459 e. The van der Waals surface area contributed by atoms with Crippen LogP contribution in [0.3, 0.4) is 0 Å². The van der Waals surface area contributed by atoms with Crippen molar-refractivity contribution in [2.45, 2.75) is 19.0 Å². The smallest absolute Gasteiger partial charge is 0.332 e. The molecule has 2 aromatic heterocycles. The van der Waals surface area contributed by atoms with Gasteiger partial charge in [-0.15, -0.1) is 0 Å². The molecule has 0 unspecified atom stereocenters. The largest absolute Gasteiger partial charge is 0.459 e. The van der Waals surface area contributed by atoms with E-state index >= 15 is 0 Å². The summed E-state index contributed by atoms with van der Waals surface area (Å²) >= 11 is 0. The Morgan fingerprint density at radius 3 is 2.61 bits per heavy atom. The first-order valence-electron chi connectivity index (χ1n) is 9.20. The first-order valence-corrected chi connectivity index (χ1v) is 9.20. The number of nitrogens with zero attached hydrogens (tertiary/aromatic N) is 4. The van der Waals surface area contributed by atoms with Gasteiger partial charge in [-0.1, -0.05) is 30.3 Å². The number of amides is 1. The Labute approximate surface area is 159 Å². The number of hydrogen-bond donors (Lipinski definition) is 0. The third kappa shape index (κ3) is 2.60. The van der Waals surface area contributed by atoms with Crippen LogP contribution < -0.4 is 11.1 Å². The van der Waals surface area contributed by atoms with Gasteiger partial charge in [-0.25, -0.2) is 4.68 Å². The van der Waals surface area contributed by atoms with Gasteiger partial charge in [-0.3, -0.25) is 19.0 Å². The van der Waals surface area contributed by atoms with Crippen molar-refractivity contribution >= 4 is 5.91 Å². The van der Waals surface area contributed by atoms with E-state index in [0.717, 1.165) is 5.56 Å². The SMILES string of the molecule is O=C(c1ccco1)N1C[C@@H]2Cn3c(nn(Cc4ccccc4)c(=O)c3=O)[C@@H]2C1. The summed E-state index contributed by atoms with van der Waals surface area (Å²) in [5.74, 6) is 0.742. The minimum atomic E-state index is -0.615. The van der Waals surface area contributed by atoms with Crippen molar-refractivity contribution in [1.82, 2.24) is 19.2 Å². The van der Waals surface area contributed by atoms with E-state index in [4.69, 9.17) is 4.42 Å². The Hall–Kier alpha value is -3.42.